The zero-order valence-electron chi connectivity index (χ0n) is 8.52. The highest BCUT2D eigenvalue weighted by atomic mass is 16.7. The van der Waals surface area contributed by atoms with Crippen molar-refractivity contribution >= 4 is 0 Å². The second-order valence-electron chi connectivity index (χ2n) is 2.86. The summed E-state index contributed by atoms with van der Waals surface area (Å²) in [5, 5.41) is 9.18. The molecule has 0 unspecified atom stereocenters. The van der Waals surface area contributed by atoms with Crippen molar-refractivity contribution in [3.63, 3.8) is 0 Å². The Labute approximate surface area is 82.7 Å². The van der Waals surface area contributed by atoms with Crippen LogP contribution >= 0.6 is 0 Å². The van der Waals surface area contributed by atoms with E-state index in [2.05, 4.69) is 9.97 Å². The highest BCUT2D eigenvalue weighted by Gasteiger charge is 2.33. The van der Waals surface area contributed by atoms with Crippen LogP contribution in [0.1, 0.15) is 11.4 Å². The molecular formula is C9H14N2O3. The Morgan fingerprint density at radius 1 is 1.29 bits per heavy atom. The fourth-order valence-corrected chi connectivity index (χ4v) is 1.09. The molecule has 1 N–H and O–H groups in total. The number of aliphatic hydroxyl groups excluding tert-OH is 1. The Bertz CT molecular complexity index is 274. The summed E-state index contributed by atoms with van der Waals surface area (Å²) in [4.78, 5) is 8.15. The summed E-state index contributed by atoms with van der Waals surface area (Å²) >= 11 is 0. The number of methoxy groups -OCH3 is 2. The lowest BCUT2D eigenvalue weighted by Gasteiger charge is -2.27. The van der Waals surface area contributed by atoms with Gasteiger partial charge in [0.15, 0.2) is 0 Å². The van der Waals surface area contributed by atoms with E-state index in [1.807, 2.05) is 6.92 Å². The van der Waals surface area contributed by atoms with E-state index in [9.17, 15) is 5.11 Å². The molecule has 1 heterocycles. The molecule has 0 saturated heterocycles. The Morgan fingerprint density at radius 3 is 2.29 bits per heavy atom. The predicted molar refractivity (Wildman–Crippen MR) is 49.6 cm³/mol. The number of aryl methyl sites for hydroxylation is 1. The summed E-state index contributed by atoms with van der Waals surface area (Å²) < 4.78 is 10.2. The van der Waals surface area contributed by atoms with E-state index >= 15 is 0 Å². The smallest absolute Gasteiger partial charge is 0.237 e. The van der Waals surface area contributed by atoms with Crippen LogP contribution in [0.3, 0.4) is 0 Å². The maximum Gasteiger partial charge on any atom is 0.237 e. The van der Waals surface area contributed by atoms with Gasteiger partial charge in [-0.25, -0.2) is 0 Å². The highest BCUT2D eigenvalue weighted by molar-refractivity contribution is 5.07. The van der Waals surface area contributed by atoms with E-state index in [0.717, 1.165) is 5.69 Å². The second kappa shape index (κ2) is 4.45. The molecule has 0 aliphatic rings. The molecule has 0 bridgehead atoms. The Morgan fingerprint density at radius 2 is 1.93 bits per heavy atom. The predicted octanol–water partition coefficient (Wildman–Crippen LogP) is 0.223. The van der Waals surface area contributed by atoms with Gasteiger partial charge < -0.3 is 14.6 Å². The van der Waals surface area contributed by atoms with E-state index in [0.29, 0.717) is 5.69 Å². The van der Waals surface area contributed by atoms with Crippen molar-refractivity contribution in [2.24, 2.45) is 0 Å². The van der Waals surface area contributed by atoms with Gasteiger partial charge in [0.05, 0.1) is 11.9 Å². The second-order valence-corrected chi connectivity index (χ2v) is 2.86. The molecule has 14 heavy (non-hydrogen) atoms. The Hall–Kier alpha value is -1.04. The van der Waals surface area contributed by atoms with Crippen LogP contribution in [0.4, 0.5) is 0 Å². The lowest BCUT2D eigenvalue weighted by atomic mass is 10.2. The van der Waals surface area contributed by atoms with Gasteiger partial charge in [0.25, 0.3) is 0 Å². The van der Waals surface area contributed by atoms with Gasteiger partial charge in [0.1, 0.15) is 12.3 Å². The van der Waals surface area contributed by atoms with Gasteiger partial charge in [0.2, 0.25) is 5.79 Å². The van der Waals surface area contributed by atoms with E-state index in [1.54, 1.807) is 6.20 Å². The molecule has 0 spiro atoms. The zero-order valence-corrected chi connectivity index (χ0v) is 8.52. The first kappa shape index (κ1) is 11.0. The molecule has 0 aliphatic heterocycles. The summed E-state index contributed by atoms with van der Waals surface area (Å²) in [7, 11) is 2.89. The van der Waals surface area contributed by atoms with Crippen molar-refractivity contribution in [1.29, 1.82) is 0 Å². The summed E-state index contributed by atoms with van der Waals surface area (Å²) in [6.07, 6.45) is 3.12. The van der Waals surface area contributed by atoms with E-state index in [4.69, 9.17) is 9.47 Å². The van der Waals surface area contributed by atoms with Crippen molar-refractivity contribution in [2.75, 3.05) is 20.8 Å². The largest absolute Gasteiger partial charge is 0.390 e. The van der Waals surface area contributed by atoms with Gasteiger partial charge in [-0.2, -0.15) is 0 Å². The number of ether oxygens (including phenoxy) is 2. The normalized spacial score (nSPS) is 11.7. The average molecular weight is 198 g/mol. The first-order chi connectivity index (χ1) is 6.68. The Kier molecular flexibility index (Phi) is 3.51. The molecule has 0 aliphatic carbocycles. The lowest BCUT2D eigenvalue weighted by molar-refractivity contribution is -0.238. The minimum atomic E-state index is -1.21. The Balaban J connectivity index is 3.05. The molecule has 1 rings (SSSR count). The molecule has 0 saturated carbocycles. The molecule has 0 radical (unpaired) electrons. The molecule has 5 nitrogen and oxygen atoms in total. The van der Waals surface area contributed by atoms with Gasteiger partial charge in [-0.1, -0.05) is 0 Å². The molecule has 1 aromatic rings. The number of hydrogen-bond acceptors (Lipinski definition) is 5. The van der Waals surface area contributed by atoms with Gasteiger partial charge in [-0.3, -0.25) is 9.97 Å². The summed E-state index contributed by atoms with van der Waals surface area (Å²) in [5.74, 6) is -1.21. The van der Waals surface area contributed by atoms with Gasteiger partial charge in [-0.05, 0) is 6.92 Å². The molecule has 0 atom stereocenters. The van der Waals surface area contributed by atoms with Crippen LogP contribution in [-0.4, -0.2) is 35.9 Å². The zero-order chi connectivity index (χ0) is 10.6. The van der Waals surface area contributed by atoms with Gasteiger partial charge in [0, 0.05) is 20.4 Å². The highest BCUT2D eigenvalue weighted by Crippen LogP contribution is 2.22. The minimum Gasteiger partial charge on any atom is -0.390 e. The fraction of sp³-hybridized carbons (Fsp3) is 0.556. The van der Waals surface area contributed by atoms with Crippen LogP contribution in [-0.2, 0) is 15.3 Å². The minimum absolute atomic E-state index is 0.308. The SMILES string of the molecule is COC(CO)(OC)c1cnc(C)cn1. The van der Waals surface area contributed by atoms with Crippen LogP contribution in [0.2, 0.25) is 0 Å². The van der Waals surface area contributed by atoms with Gasteiger partial charge >= 0.3 is 0 Å². The third-order valence-corrected chi connectivity index (χ3v) is 2.04. The fourth-order valence-electron chi connectivity index (χ4n) is 1.09. The average Bonchev–Trinajstić information content (AvgIpc) is 2.24. The number of aliphatic hydroxyl groups is 1. The number of nitrogens with zero attached hydrogens (tertiary/aromatic N) is 2. The molecule has 5 heteroatoms. The van der Waals surface area contributed by atoms with Crippen LogP contribution in [0.15, 0.2) is 12.4 Å². The van der Waals surface area contributed by atoms with Crippen molar-refractivity contribution in [1.82, 2.24) is 9.97 Å². The first-order valence-electron chi connectivity index (χ1n) is 4.19. The van der Waals surface area contributed by atoms with E-state index in [1.165, 1.54) is 20.4 Å². The molecule has 0 aromatic carbocycles. The van der Waals surface area contributed by atoms with Gasteiger partial charge in [-0.15, -0.1) is 0 Å². The van der Waals surface area contributed by atoms with Crippen molar-refractivity contribution in [3.05, 3.63) is 23.8 Å². The summed E-state index contributed by atoms with van der Waals surface area (Å²) in [6, 6.07) is 0. The topological polar surface area (TPSA) is 64.5 Å². The van der Waals surface area contributed by atoms with Crippen LogP contribution < -0.4 is 0 Å². The lowest BCUT2D eigenvalue weighted by Crippen LogP contribution is -2.36. The van der Waals surface area contributed by atoms with Crippen molar-refractivity contribution in [3.8, 4) is 0 Å². The molecule has 0 fully saturated rings. The number of aromatic nitrogens is 2. The number of rotatable bonds is 4. The van der Waals surface area contributed by atoms with Crippen LogP contribution in [0, 0.1) is 6.92 Å². The summed E-state index contributed by atoms with van der Waals surface area (Å²) in [5.41, 5.74) is 1.25. The van der Waals surface area contributed by atoms with E-state index < -0.39 is 5.79 Å². The third-order valence-electron chi connectivity index (χ3n) is 2.04. The molecule has 0 amide bonds. The molecule has 1 aromatic heterocycles. The monoisotopic (exact) mass is 198 g/mol. The van der Waals surface area contributed by atoms with E-state index in [-0.39, 0.29) is 6.61 Å². The van der Waals surface area contributed by atoms with Crippen LogP contribution in [0.5, 0.6) is 0 Å². The maximum absolute atomic E-state index is 9.18. The van der Waals surface area contributed by atoms with Crippen molar-refractivity contribution < 1.29 is 14.6 Å². The third kappa shape index (κ3) is 1.89. The summed E-state index contributed by atoms with van der Waals surface area (Å²) in [6.45, 7) is 1.52. The number of hydrogen-bond donors (Lipinski definition) is 1. The standard InChI is InChI=1S/C9H14N2O3/c1-7-4-11-8(5-10-7)9(6-12,13-2)14-3/h4-5,12H,6H2,1-3H3. The van der Waals surface area contributed by atoms with Crippen LogP contribution in [0.25, 0.3) is 0 Å². The molecule has 78 valence electrons. The maximum atomic E-state index is 9.18. The van der Waals surface area contributed by atoms with Crippen molar-refractivity contribution in [2.45, 2.75) is 12.7 Å². The molecular weight excluding hydrogens is 184 g/mol. The first-order valence-corrected chi connectivity index (χ1v) is 4.19. The quantitative estimate of drug-likeness (QED) is 0.701.